The first-order chi connectivity index (χ1) is 9.67. The van der Waals surface area contributed by atoms with Gasteiger partial charge in [-0.1, -0.05) is 18.2 Å². The molecular formula is C12H12N4O3S. The molecule has 1 aromatic heterocycles. The average molecular weight is 292 g/mol. The summed E-state index contributed by atoms with van der Waals surface area (Å²) in [5.41, 5.74) is 0. The number of nitrogens with one attached hydrogen (secondary N) is 1. The van der Waals surface area contributed by atoms with Crippen molar-refractivity contribution in [1.29, 1.82) is 0 Å². The standard InChI is InChI=1S/C12H12N4O3S/c1-19-11-14-10(13-7-9(17)18)15-12(16-11)20-8-5-3-2-4-6-8/h2-6H,7H2,1H3,(H,17,18)(H,13,14,15,16). The number of nitrogens with zero attached hydrogens (tertiary/aromatic N) is 3. The summed E-state index contributed by atoms with van der Waals surface area (Å²) in [5.74, 6) is -0.834. The van der Waals surface area contributed by atoms with E-state index in [1.807, 2.05) is 30.3 Å². The molecule has 0 bridgehead atoms. The minimum absolute atomic E-state index is 0.131. The maximum Gasteiger partial charge on any atom is 0.322 e. The Balaban J connectivity index is 2.19. The fourth-order valence-corrected chi connectivity index (χ4v) is 2.06. The Kier molecular flexibility index (Phi) is 4.72. The minimum atomic E-state index is -0.998. The maximum absolute atomic E-state index is 10.5. The number of rotatable bonds is 6. The number of carbonyl (C=O) groups is 1. The van der Waals surface area contributed by atoms with E-state index in [1.54, 1.807) is 0 Å². The Labute approximate surface area is 119 Å². The molecule has 0 unspecified atom stereocenters. The summed E-state index contributed by atoms with van der Waals surface area (Å²) < 4.78 is 4.98. The van der Waals surface area contributed by atoms with Crippen molar-refractivity contribution in [2.24, 2.45) is 0 Å². The fourth-order valence-electron chi connectivity index (χ4n) is 1.30. The van der Waals surface area contributed by atoms with Gasteiger partial charge >= 0.3 is 12.0 Å². The van der Waals surface area contributed by atoms with Crippen molar-refractivity contribution in [1.82, 2.24) is 15.0 Å². The van der Waals surface area contributed by atoms with Crippen molar-refractivity contribution in [2.45, 2.75) is 10.1 Å². The van der Waals surface area contributed by atoms with E-state index in [0.717, 1.165) is 4.90 Å². The average Bonchev–Trinajstić information content (AvgIpc) is 2.46. The quantitative estimate of drug-likeness (QED) is 0.827. The van der Waals surface area contributed by atoms with E-state index in [2.05, 4.69) is 20.3 Å². The topological polar surface area (TPSA) is 97.2 Å². The van der Waals surface area contributed by atoms with Crippen molar-refractivity contribution in [2.75, 3.05) is 19.0 Å². The second-order valence-corrected chi connectivity index (χ2v) is 4.63. The summed E-state index contributed by atoms with van der Waals surface area (Å²) in [4.78, 5) is 23.7. The lowest BCUT2D eigenvalue weighted by Crippen LogP contribution is -2.15. The fraction of sp³-hybridized carbons (Fsp3) is 0.167. The van der Waals surface area contributed by atoms with Crippen LogP contribution in [-0.2, 0) is 4.79 Å². The molecular weight excluding hydrogens is 280 g/mol. The van der Waals surface area contributed by atoms with Gasteiger partial charge in [0.2, 0.25) is 11.1 Å². The molecule has 0 saturated carbocycles. The summed E-state index contributed by atoms with van der Waals surface area (Å²) in [7, 11) is 1.44. The Hall–Kier alpha value is -2.35. The van der Waals surface area contributed by atoms with Gasteiger partial charge in [-0.3, -0.25) is 4.79 Å². The summed E-state index contributed by atoms with van der Waals surface area (Å²) >= 11 is 1.34. The number of methoxy groups -OCH3 is 1. The summed E-state index contributed by atoms with van der Waals surface area (Å²) in [6.45, 7) is -0.275. The molecule has 0 radical (unpaired) electrons. The molecule has 1 heterocycles. The second kappa shape index (κ2) is 6.71. The first-order valence-corrected chi connectivity index (χ1v) is 6.47. The largest absolute Gasteiger partial charge is 0.480 e. The van der Waals surface area contributed by atoms with Gasteiger partial charge in [0, 0.05) is 4.90 Å². The number of hydrogen-bond acceptors (Lipinski definition) is 7. The highest BCUT2D eigenvalue weighted by molar-refractivity contribution is 7.99. The Bertz CT molecular complexity index is 595. The van der Waals surface area contributed by atoms with Gasteiger partial charge < -0.3 is 15.2 Å². The van der Waals surface area contributed by atoms with Crippen molar-refractivity contribution in [3.8, 4) is 6.01 Å². The predicted molar refractivity (Wildman–Crippen MR) is 73.1 cm³/mol. The number of anilines is 1. The summed E-state index contributed by atoms with van der Waals surface area (Å²) in [6.07, 6.45) is 0. The van der Waals surface area contributed by atoms with Crippen LogP contribution >= 0.6 is 11.8 Å². The van der Waals surface area contributed by atoms with Gasteiger partial charge in [0.05, 0.1) is 7.11 Å². The molecule has 0 atom stereocenters. The Morgan fingerprint density at radius 3 is 2.70 bits per heavy atom. The van der Waals surface area contributed by atoms with Crippen LogP contribution in [-0.4, -0.2) is 39.7 Å². The van der Waals surface area contributed by atoms with E-state index >= 15 is 0 Å². The normalized spacial score (nSPS) is 10.1. The van der Waals surface area contributed by atoms with Crippen molar-refractivity contribution in [3.05, 3.63) is 30.3 Å². The van der Waals surface area contributed by atoms with Gasteiger partial charge in [0.25, 0.3) is 0 Å². The molecule has 0 amide bonds. The van der Waals surface area contributed by atoms with Crippen LogP contribution in [0.15, 0.2) is 40.4 Å². The van der Waals surface area contributed by atoms with E-state index in [-0.39, 0.29) is 18.5 Å². The maximum atomic E-state index is 10.5. The highest BCUT2D eigenvalue weighted by Crippen LogP contribution is 2.25. The Morgan fingerprint density at radius 2 is 2.05 bits per heavy atom. The van der Waals surface area contributed by atoms with Crippen molar-refractivity contribution >= 4 is 23.7 Å². The molecule has 0 aliphatic heterocycles. The lowest BCUT2D eigenvalue weighted by molar-refractivity contribution is -0.134. The number of ether oxygens (including phenoxy) is 1. The molecule has 0 spiro atoms. The highest BCUT2D eigenvalue weighted by Gasteiger charge is 2.09. The SMILES string of the molecule is COc1nc(NCC(=O)O)nc(Sc2ccccc2)n1. The number of aliphatic carboxylic acids is 1. The molecule has 104 valence electrons. The zero-order valence-electron chi connectivity index (χ0n) is 10.6. The van der Waals surface area contributed by atoms with Gasteiger partial charge in [-0.2, -0.15) is 15.0 Å². The van der Waals surface area contributed by atoms with Crippen LogP contribution in [0.3, 0.4) is 0 Å². The zero-order chi connectivity index (χ0) is 14.4. The molecule has 1 aromatic carbocycles. The first-order valence-electron chi connectivity index (χ1n) is 5.66. The number of carboxylic acids is 1. The molecule has 8 heteroatoms. The number of hydrogen-bond donors (Lipinski definition) is 2. The lowest BCUT2D eigenvalue weighted by Gasteiger charge is -2.06. The van der Waals surface area contributed by atoms with Gasteiger partial charge in [-0.05, 0) is 23.9 Å². The van der Waals surface area contributed by atoms with E-state index in [0.29, 0.717) is 5.16 Å². The zero-order valence-corrected chi connectivity index (χ0v) is 11.4. The second-order valence-electron chi connectivity index (χ2n) is 3.59. The molecule has 2 aromatic rings. The van der Waals surface area contributed by atoms with Gasteiger partial charge in [-0.15, -0.1) is 0 Å². The van der Waals surface area contributed by atoms with Crippen LogP contribution < -0.4 is 10.1 Å². The third kappa shape index (κ3) is 4.09. The molecule has 0 aliphatic rings. The van der Waals surface area contributed by atoms with Crippen LogP contribution in [0.1, 0.15) is 0 Å². The van der Waals surface area contributed by atoms with Gasteiger partial charge in [-0.25, -0.2) is 0 Å². The molecule has 2 rings (SSSR count). The monoisotopic (exact) mass is 292 g/mol. The predicted octanol–water partition coefficient (Wildman–Crippen LogP) is 1.53. The molecule has 0 aliphatic carbocycles. The molecule has 20 heavy (non-hydrogen) atoms. The van der Waals surface area contributed by atoms with E-state index < -0.39 is 5.97 Å². The third-order valence-electron chi connectivity index (χ3n) is 2.13. The van der Waals surface area contributed by atoms with Crippen LogP contribution in [0.2, 0.25) is 0 Å². The number of carboxylic acid groups (broad SMARTS) is 1. The minimum Gasteiger partial charge on any atom is -0.480 e. The molecule has 0 saturated heterocycles. The van der Waals surface area contributed by atoms with E-state index in [9.17, 15) is 4.79 Å². The van der Waals surface area contributed by atoms with Gasteiger partial charge in [0.1, 0.15) is 6.54 Å². The van der Waals surface area contributed by atoms with Crippen molar-refractivity contribution < 1.29 is 14.6 Å². The van der Waals surface area contributed by atoms with E-state index in [1.165, 1.54) is 18.9 Å². The smallest absolute Gasteiger partial charge is 0.322 e. The Morgan fingerprint density at radius 1 is 1.30 bits per heavy atom. The summed E-state index contributed by atoms with van der Waals surface area (Å²) in [5, 5.41) is 11.7. The van der Waals surface area contributed by atoms with Crippen LogP contribution in [0.5, 0.6) is 6.01 Å². The number of benzene rings is 1. The molecule has 7 nitrogen and oxygen atoms in total. The van der Waals surface area contributed by atoms with Crippen LogP contribution in [0, 0.1) is 0 Å². The third-order valence-corrected chi connectivity index (χ3v) is 3.00. The van der Waals surface area contributed by atoms with E-state index in [4.69, 9.17) is 9.84 Å². The van der Waals surface area contributed by atoms with Crippen LogP contribution in [0.25, 0.3) is 0 Å². The molecule has 2 N–H and O–H groups in total. The lowest BCUT2D eigenvalue weighted by atomic mass is 10.4. The number of aromatic nitrogens is 3. The highest BCUT2D eigenvalue weighted by atomic mass is 32.2. The first kappa shape index (κ1) is 14.1. The molecule has 0 fully saturated rings. The van der Waals surface area contributed by atoms with Crippen molar-refractivity contribution in [3.63, 3.8) is 0 Å². The van der Waals surface area contributed by atoms with Crippen LogP contribution in [0.4, 0.5) is 5.95 Å². The summed E-state index contributed by atoms with van der Waals surface area (Å²) in [6, 6.07) is 9.70. The van der Waals surface area contributed by atoms with Gasteiger partial charge in [0.15, 0.2) is 0 Å².